The van der Waals surface area contributed by atoms with Crippen LogP contribution in [0.15, 0.2) is 42.5 Å². The molecule has 0 unspecified atom stereocenters. The molecule has 0 aliphatic heterocycles. The topological polar surface area (TPSA) is 0 Å². The van der Waals surface area contributed by atoms with Gasteiger partial charge in [0.1, 0.15) is 5.82 Å². The lowest BCUT2D eigenvalue weighted by molar-refractivity contribution is 0.582. The van der Waals surface area contributed by atoms with Crippen molar-refractivity contribution in [2.45, 2.75) is 25.7 Å². The number of halogens is 1. The molecule has 0 amide bonds. The highest BCUT2D eigenvalue weighted by Crippen LogP contribution is 2.33. The Bertz CT molecular complexity index is 786. The van der Waals surface area contributed by atoms with Crippen molar-refractivity contribution < 1.29 is 4.39 Å². The molecule has 0 nitrogen and oxygen atoms in total. The number of fused-ring (bicyclic) bond motifs is 4. The summed E-state index contributed by atoms with van der Waals surface area (Å²) in [5.41, 5.74) is 2.20. The average Bonchev–Trinajstić information content (AvgIpc) is 2.46. The highest BCUT2D eigenvalue weighted by molar-refractivity contribution is 6.00. The van der Waals surface area contributed by atoms with E-state index in [-0.39, 0.29) is 5.82 Å². The van der Waals surface area contributed by atoms with Crippen LogP contribution in [0.5, 0.6) is 0 Å². The standard InChI is InChI=1S/C18H15F/c19-18-11-14-9-12-5-1-2-6-13(12)10-17(14)15-7-3-4-8-16(15)18/h1-2,5-6,9-11H,3-4,7-8H2. The predicted octanol–water partition coefficient (Wildman–Crippen LogP) is 5.01. The van der Waals surface area contributed by atoms with Gasteiger partial charge in [-0.2, -0.15) is 0 Å². The molecule has 0 saturated carbocycles. The molecule has 3 aromatic carbocycles. The van der Waals surface area contributed by atoms with Crippen molar-refractivity contribution in [2.24, 2.45) is 0 Å². The van der Waals surface area contributed by atoms with E-state index in [2.05, 4.69) is 30.3 Å². The van der Waals surface area contributed by atoms with Crippen molar-refractivity contribution in [1.82, 2.24) is 0 Å². The normalized spacial score (nSPS) is 14.8. The van der Waals surface area contributed by atoms with E-state index in [1.54, 1.807) is 6.07 Å². The molecule has 3 aromatic rings. The Morgan fingerprint density at radius 1 is 0.737 bits per heavy atom. The minimum Gasteiger partial charge on any atom is -0.207 e. The van der Waals surface area contributed by atoms with E-state index in [1.807, 2.05) is 6.07 Å². The summed E-state index contributed by atoms with van der Waals surface area (Å²) in [5, 5.41) is 4.71. The van der Waals surface area contributed by atoms with Gasteiger partial charge < -0.3 is 0 Å². The van der Waals surface area contributed by atoms with Crippen LogP contribution in [-0.4, -0.2) is 0 Å². The molecule has 0 aromatic heterocycles. The minimum atomic E-state index is -0.0162. The van der Waals surface area contributed by atoms with Gasteiger partial charge in [0.2, 0.25) is 0 Å². The first-order chi connectivity index (χ1) is 9.33. The number of hydrogen-bond donors (Lipinski definition) is 0. The Hall–Kier alpha value is -1.89. The average molecular weight is 250 g/mol. The predicted molar refractivity (Wildman–Crippen MR) is 78.1 cm³/mol. The van der Waals surface area contributed by atoms with Gasteiger partial charge in [-0.25, -0.2) is 4.39 Å². The SMILES string of the molecule is Fc1cc2cc3ccccc3cc2c2c1CCCC2. The van der Waals surface area contributed by atoms with Crippen LogP contribution in [0.1, 0.15) is 24.0 Å². The molecule has 94 valence electrons. The van der Waals surface area contributed by atoms with E-state index >= 15 is 0 Å². The van der Waals surface area contributed by atoms with Crippen molar-refractivity contribution in [1.29, 1.82) is 0 Å². The highest BCUT2D eigenvalue weighted by atomic mass is 19.1. The molecule has 1 aliphatic rings. The van der Waals surface area contributed by atoms with Crippen LogP contribution in [0.25, 0.3) is 21.5 Å². The molecule has 4 rings (SSSR count). The fourth-order valence-electron chi connectivity index (χ4n) is 3.33. The summed E-state index contributed by atoms with van der Waals surface area (Å²) in [6.07, 6.45) is 4.20. The maximum absolute atomic E-state index is 14.2. The van der Waals surface area contributed by atoms with Gasteiger partial charge in [0.25, 0.3) is 0 Å². The number of benzene rings is 3. The fraction of sp³-hybridized carbons (Fsp3) is 0.222. The monoisotopic (exact) mass is 250 g/mol. The molecule has 1 heteroatoms. The summed E-state index contributed by atoms with van der Waals surface area (Å²) in [7, 11) is 0. The number of aryl methyl sites for hydroxylation is 1. The molecule has 0 saturated heterocycles. The van der Waals surface area contributed by atoms with Crippen LogP contribution < -0.4 is 0 Å². The first kappa shape index (κ1) is 11.0. The van der Waals surface area contributed by atoms with Crippen LogP contribution in [-0.2, 0) is 12.8 Å². The Labute approximate surface area is 111 Å². The summed E-state index contributed by atoms with van der Waals surface area (Å²) in [4.78, 5) is 0. The summed E-state index contributed by atoms with van der Waals surface area (Å²) in [5.74, 6) is -0.0162. The third-order valence-electron chi connectivity index (χ3n) is 4.28. The van der Waals surface area contributed by atoms with Gasteiger partial charge in [-0.05, 0) is 76.6 Å². The first-order valence-electron chi connectivity index (χ1n) is 6.96. The van der Waals surface area contributed by atoms with Crippen LogP contribution in [0.3, 0.4) is 0 Å². The van der Waals surface area contributed by atoms with Crippen molar-refractivity contribution in [2.75, 3.05) is 0 Å². The van der Waals surface area contributed by atoms with Crippen LogP contribution in [0, 0.1) is 5.82 Å². The molecule has 0 heterocycles. The zero-order valence-corrected chi connectivity index (χ0v) is 10.7. The number of hydrogen-bond acceptors (Lipinski definition) is 0. The molecule has 0 atom stereocenters. The van der Waals surface area contributed by atoms with Gasteiger partial charge in [-0.3, -0.25) is 0 Å². The van der Waals surface area contributed by atoms with Crippen LogP contribution in [0.2, 0.25) is 0 Å². The lowest BCUT2D eigenvalue weighted by Crippen LogP contribution is -2.06. The molecular formula is C18H15F. The lowest BCUT2D eigenvalue weighted by atomic mass is 9.86. The Balaban J connectivity index is 2.14. The van der Waals surface area contributed by atoms with Crippen LogP contribution >= 0.6 is 0 Å². The molecule has 0 fully saturated rings. The van der Waals surface area contributed by atoms with Gasteiger partial charge in [0.15, 0.2) is 0 Å². The lowest BCUT2D eigenvalue weighted by Gasteiger charge is -2.19. The Morgan fingerprint density at radius 3 is 2.21 bits per heavy atom. The largest absolute Gasteiger partial charge is 0.207 e. The van der Waals surface area contributed by atoms with Gasteiger partial charge >= 0.3 is 0 Å². The van der Waals surface area contributed by atoms with Crippen molar-refractivity contribution in [3.63, 3.8) is 0 Å². The number of rotatable bonds is 0. The Kier molecular flexibility index (Phi) is 2.34. The highest BCUT2D eigenvalue weighted by Gasteiger charge is 2.17. The third-order valence-corrected chi connectivity index (χ3v) is 4.28. The second-order valence-corrected chi connectivity index (χ2v) is 5.44. The van der Waals surface area contributed by atoms with E-state index in [0.29, 0.717) is 0 Å². The minimum absolute atomic E-state index is 0.0162. The zero-order chi connectivity index (χ0) is 12.8. The third kappa shape index (κ3) is 1.65. The maximum Gasteiger partial charge on any atom is 0.127 e. The quantitative estimate of drug-likeness (QED) is 0.492. The Morgan fingerprint density at radius 2 is 1.42 bits per heavy atom. The maximum atomic E-state index is 14.2. The smallest absolute Gasteiger partial charge is 0.127 e. The van der Waals surface area contributed by atoms with E-state index < -0.39 is 0 Å². The van der Waals surface area contributed by atoms with Gasteiger partial charge in [-0.1, -0.05) is 24.3 Å². The summed E-state index contributed by atoms with van der Waals surface area (Å²) in [6, 6.07) is 14.4. The summed E-state index contributed by atoms with van der Waals surface area (Å²) < 4.78 is 14.2. The molecule has 0 bridgehead atoms. The molecule has 19 heavy (non-hydrogen) atoms. The summed E-state index contributed by atoms with van der Waals surface area (Å²) in [6.45, 7) is 0. The molecule has 0 spiro atoms. The molecule has 1 aliphatic carbocycles. The van der Waals surface area contributed by atoms with Gasteiger partial charge in [0.05, 0.1) is 0 Å². The fourth-order valence-corrected chi connectivity index (χ4v) is 3.33. The van der Waals surface area contributed by atoms with Crippen LogP contribution in [0.4, 0.5) is 4.39 Å². The van der Waals surface area contributed by atoms with E-state index in [1.165, 1.54) is 28.1 Å². The zero-order valence-electron chi connectivity index (χ0n) is 10.7. The first-order valence-corrected chi connectivity index (χ1v) is 6.96. The molecule has 0 radical (unpaired) electrons. The molecule has 0 N–H and O–H groups in total. The van der Waals surface area contributed by atoms with Gasteiger partial charge in [0, 0.05) is 0 Å². The second-order valence-electron chi connectivity index (χ2n) is 5.44. The van der Waals surface area contributed by atoms with E-state index in [4.69, 9.17) is 0 Å². The van der Waals surface area contributed by atoms with Crippen molar-refractivity contribution in [3.8, 4) is 0 Å². The molecular weight excluding hydrogens is 235 g/mol. The summed E-state index contributed by atoms with van der Waals surface area (Å²) >= 11 is 0. The second kappa shape index (κ2) is 4.06. The van der Waals surface area contributed by atoms with E-state index in [9.17, 15) is 4.39 Å². The van der Waals surface area contributed by atoms with E-state index in [0.717, 1.165) is 30.2 Å². The van der Waals surface area contributed by atoms with Crippen molar-refractivity contribution >= 4 is 21.5 Å². The van der Waals surface area contributed by atoms with Crippen molar-refractivity contribution in [3.05, 3.63) is 59.4 Å². The van der Waals surface area contributed by atoms with Gasteiger partial charge in [-0.15, -0.1) is 0 Å².